The molecule has 7 heteroatoms. The van der Waals surface area contributed by atoms with Gasteiger partial charge in [0.2, 0.25) is 0 Å². The maximum atomic E-state index is 12.0. The van der Waals surface area contributed by atoms with E-state index in [2.05, 4.69) is 24.8 Å². The summed E-state index contributed by atoms with van der Waals surface area (Å²) in [7, 11) is 3.45. The number of hydrogen-bond donors (Lipinski definition) is 0. The van der Waals surface area contributed by atoms with E-state index in [0.29, 0.717) is 11.6 Å². The van der Waals surface area contributed by atoms with Crippen LogP contribution < -0.4 is 4.90 Å². The molecule has 0 aliphatic carbocycles. The van der Waals surface area contributed by atoms with Crippen molar-refractivity contribution < 1.29 is 4.79 Å². The molecule has 2 aromatic heterocycles. The Bertz CT molecular complexity index is 690. The summed E-state index contributed by atoms with van der Waals surface area (Å²) in [6.07, 6.45) is 7.97. The average Bonchev–Trinajstić information content (AvgIpc) is 2.62. The van der Waals surface area contributed by atoms with Gasteiger partial charge in [-0.1, -0.05) is 0 Å². The molecule has 3 rings (SSSR count). The van der Waals surface area contributed by atoms with Crippen molar-refractivity contribution in [1.82, 2.24) is 24.8 Å². The van der Waals surface area contributed by atoms with E-state index in [9.17, 15) is 4.79 Å². The van der Waals surface area contributed by atoms with Crippen LogP contribution in [0.15, 0.2) is 31.0 Å². The number of nitrogens with zero attached hydrogens (tertiary/aromatic N) is 6. The van der Waals surface area contributed by atoms with Crippen molar-refractivity contribution in [3.63, 3.8) is 0 Å². The molecule has 1 aliphatic rings. The molecule has 126 valence electrons. The number of carbonyl (C=O) groups excluding carboxylic acids is 1. The fourth-order valence-electron chi connectivity index (χ4n) is 3.06. The Morgan fingerprint density at radius 3 is 2.92 bits per heavy atom. The molecule has 2 aromatic rings. The zero-order valence-corrected chi connectivity index (χ0v) is 14.1. The third-order valence-corrected chi connectivity index (χ3v) is 4.26. The van der Waals surface area contributed by atoms with Gasteiger partial charge in [0.25, 0.3) is 5.91 Å². The molecule has 1 aliphatic heterocycles. The van der Waals surface area contributed by atoms with Crippen LogP contribution >= 0.6 is 0 Å². The van der Waals surface area contributed by atoms with Crippen molar-refractivity contribution in [3.8, 4) is 0 Å². The van der Waals surface area contributed by atoms with Gasteiger partial charge in [0, 0.05) is 39.1 Å². The van der Waals surface area contributed by atoms with Gasteiger partial charge >= 0.3 is 0 Å². The molecule has 0 unspecified atom stereocenters. The fourth-order valence-corrected chi connectivity index (χ4v) is 3.06. The molecule has 3 heterocycles. The molecule has 0 spiro atoms. The highest BCUT2D eigenvalue weighted by molar-refractivity contribution is 5.91. The van der Waals surface area contributed by atoms with Crippen molar-refractivity contribution in [2.75, 3.05) is 32.1 Å². The quantitative estimate of drug-likeness (QED) is 0.846. The van der Waals surface area contributed by atoms with Crippen molar-refractivity contribution in [2.24, 2.45) is 5.92 Å². The second kappa shape index (κ2) is 7.33. The lowest BCUT2D eigenvalue weighted by atomic mass is 9.93. The van der Waals surface area contributed by atoms with Gasteiger partial charge in [-0.3, -0.25) is 4.79 Å². The summed E-state index contributed by atoms with van der Waals surface area (Å²) in [6, 6.07) is 3.76. The SMILES string of the molecule is CN(C)C(=O)c1cc(C[C@H]2CCCN(c3ccncn3)C2)ncn1. The molecular weight excluding hydrogens is 304 g/mol. The minimum atomic E-state index is -0.0927. The van der Waals surface area contributed by atoms with E-state index in [1.54, 1.807) is 26.6 Å². The summed E-state index contributed by atoms with van der Waals surface area (Å²) in [4.78, 5) is 32.6. The lowest BCUT2D eigenvalue weighted by Crippen LogP contribution is -2.36. The second-order valence-electron chi connectivity index (χ2n) is 6.32. The van der Waals surface area contributed by atoms with Crippen LogP contribution in [0.25, 0.3) is 0 Å². The Balaban J connectivity index is 1.67. The molecule has 1 saturated heterocycles. The summed E-state index contributed by atoms with van der Waals surface area (Å²) in [6.45, 7) is 1.96. The lowest BCUT2D eigenvalue weighted by molar-refractivity contribution is 0.0821. The molecule has 1 fully saturated rings. The maximum Gasteiger partial charge on any atom is 0.272 e. The van der Waals surface area contributed by atoms with Crippen LogP contribution in [0.2, 0.25) is 0 Å². The first-order valence-electron chi connectivity index (χ1n) is 8.17. The van der Waals surface area contributed by atoms with Gasteiger partial charge in [-0.15, -0.1) is 0 Å². The second-order valence-corrected chi connectivity index (χ2v) is 6.32. The van der Waals surface area contributed by atoms with Crippen LogP contribution in [0.4, 0.5) is 5.82 Å². The first kappa shape index (κ1) is 16.3. The summed E-state index contributed by atoms with van der Waals surface area (Å²) in [5, 5.41) is 0. The highest BCUT2D eigenvalue weighted by Gasteiger charge is 2.22. The monoisotopic (exact) mass is 326 g/mol. The van der Waals surface area contributed by atoms with E-state index in [4.69, 9.17) is 0 Å². The van der Waals surface area contributed by atoms with Crippen molar-refractivity contribution in [1.29, 1.82) is 0 Å². The maximum absolute atomic E-state index is 12.0. The highest BCUT2D eigenvalue weighted by atomic mass is 16.2. The van der Waals surface area contributed by atoms with E-state index in [1.165, 1.54) is 11.2 Å². The Labute approximate surface area is 141 Å². The van der Waals surface area contributed by atoms with Crippen LogP contribution in [0.3, 0.4) is 0 Å². The number of amides is 1. The standard InChI is InChI=1S/C17H22N6O/c1-22(2)17(24)15-9-14(19-12-20-15)8-13-4-3-7-23(10-13)16-5-6-18-11-21-16/h5-6,9,11-13H,3-4,7-8,10H2,1-2H3/t13-/m1/s1. The summed E-state index contributed by atoms with van der Waals surface area (Å²) in [5.41, 5.74) is 1.37. The Kier molecular flexibility index (Phi) is 4.98. The van der Waals surface area contributed by atoms with Crippen molar-refractivity contribution >= 4 is 11.7 Å². The van der Waals surface area contributed by atoms with Gasteiger partial charge < -0.3 is 9.80 Å². The van der Waals surface area contributed by atoms with Crippen LogP contribution in [-0.4, -0.2) is 57.9 Å². The van der Waals surface area contributed by atoms with Crippen molar-refractivity contribution in [3.05, 3.63) is 42.4 Å². The number of carbonyl (C=O) groups is 1. The molecule has 0 aromatic carbocycles. The molecule has 0 radical (unpaired) electrons. The number of hydrogen-bond acceptors (Lipinski definition) is 6. The zero-order chi connectivity index (χ0) is 16.9. The highest BCUT2D eigenvalue weighted by Crippen LogP contribution is 2.23. The van der Waals surface area contributed by atoms with Gasteiger partial charge in [-0.05, 0) is 37.3 Å². The van der Waals surface area contributed by atoms with Crippen molar-refractivity contribution in [2.45, 2.75) is 19.3 Å². The Morgan fingerprint density at radius 1 is 1.29 bits per heavy atom. The lowest BCUT2D eigenvalue weighted by Gasteiger charge is -2.33. The molecule has 0 N–H and O–H groups in total. The van der Waals surface area contributed by atoms with Gasteiger partial charge in [0.15, 0.2) is 0 Å². The molecule has 1 atom stereocenters. The molecule has 7 nitrogen and oxygen atoms in total. The van der Waals surface area contributed by atoms with Gasteiger partial charge in [-0.2, -0.15) is 0 Å². The third kappa shape index (κ3) is 3.84. The summed E-state index contributed by atoms with van der Waals surface area (Å²) in [5.74, 6) is 1.37. The molecule has 0 saturated carbocycles. The normalized spacial score (nSPS) is 17.6. The molecular formula is C17H22N6O. The Hall–Kier alpha value is -2.57. The van der Waals surface area contributed by atoms with Gasteiger partial charge in [0.1, 0.15) is 24.2 Å². The fraction of sp³-hybridized carbons (Fsp3) is 0.471. The average molecular weight is 326 g/mol. The number of rotatable bonds is 4. The number of anilines is 1. The molecule has 0 bridgehead atoms. The number of aromatic nitrogens is 4. The van der Waals surface area contributed by atoms with E-state index < -0.39 is 0 Å². The van der Waals surface area contributed by atoms with Crippen LogP contribution in [0.5, 0.6) is 0 Å². The molecule has 1 amide bonds. The van der Waals surface area contributed by atoms with E-state index in [-0.39, 0.29) is 5.91 Å². The predicted octanol–water partition coefficient (Wildman–Crippen LogP) is 1.43. The first-order valence-corrected chi connectivity index (χ1v) is 8.17. The van der Waals surface area contributed by atoms with Gasteiger partial charge in [-0.25, -0.2) is 19.9 Å². The van der Waals surface area contributed by atoms with E-state index in [0.717, 1.165) is 43.9 Å². The van der Waals surface area contributed by atoms with Crippen LogP contribution in [0.1, 0.15) is 29.0 Å². The smallest absolute Gasteiger partial charge is 0.272 e. The molecule has 24 heavy (non-hydrogen) atoms. The summed E-state index contributed by atoms with van der Waals surface area (Å²) < 4.78 is 0. The minimum Gasteiger partial charge on any atom is -0.356 e. The minimum absolute atomic E-state index is 0.0927. The van der Waals surface area contributed by atoms with Crippen LogP contribution in [-0.2, 0) is 6.42 Å². The zero-order valence-electron chi connectivity index (χ0n) is 14.1. The largest absolute Gasteiger partial charge is 0.356 e. The van der Waals surface area contributed by atoms with Gasteiger partial charge in [0.05, 0.1) is 0 Å². The summed E-state index contributed by atoms with van der Waals surface area (Å²) >= 11 is 0. The predicted molar refractivity (Wildman–Crippen MR) is 90.7 cm³/mol. The topological polar surface area (TPSA) is 75.1 Å². The van der Waals surface area contributed by atoms with E-state index >= 15 is 0 Å². The number of piperidine rings is 1. The third-order valence-electron chi connectivity index (χ3n) is 4.26. The first-order chi connectivity index (χ1) is 11.6. The van der Waals surface area contributed by atoms with E-state index in [1.807, 2.05) is 12.1 Å². The van der Waals surface area contributed by atoms with Crippen LogP contribution in [0, 0.1) is 5.92 Å². The Morgan fingerprint density at radius 2 is 2.17 bits per heavy atom.